The lowest BCUT2D eigenvalue weighted by Gasteiger charge is -2.16. The van der Waals surface area contributed by atoms with Gasteiger partial charge in [0.1, 0.15) is 16.7 Å². The Morgan fingerprint density at radius 2 is 1.76 bits per heavy atom. The molecular formula is C31H42ClN5O4S. The zero-order chi connectivity index (χ0) is 31.0. The van der Waals surface area contributed by atoms with E-state index in [0.717, 1.165) is 18.0 Å². The van der Waals surface area contributed by atoms with Crippen LogP contribution in [0.25, 0.3) is 11.1 Å². The molecule has 3 atom stereocenters. The summed E-state index contributed by atoms with van der Waals surface area (Å²) in [6.45, 7) is 14.7. The third-order valence-electron chi connectivity index (χ3n) is 7.84. The molecule has 3 unspecified atom stereocenters. The fraction of sp³-hybridized carbons (Fsp3) is 0.548. The molecule has 42 heavy (non-hydrogen) atoms. The van der Waals surface area contributed by atoms with E-state index in [2.05, 4.69) is 46.3 Å². The van der Waals surface area contributed by atoms with E-state index in [1.807, 2.05) is 26.8 Å². The van der Waals surface area contributed by atoms with Gasteiger partial charge in [0.15, 0.2) is 0 Å². The van der Waals surface area contributed by atoms with E-state index >= 15 is 0 Å². The number of aryl methyl sites for hydroxylation is 1. The summed E-state index contributed by atoms with van der Waals surface area (Å²) in [6.07, 6.45) is 6.67. The number of aromatic nitrogens is 4. The molecule has 1 fully saturated rings. The number of ether oxygens (including phenoxy) is 2. The monoisotopic (exact) mass is 615 g/mol. The van der Waals surface area contributed by atoms with Crippen molar-refractivity contribution >= 4 is 39.8 Å². The van der Waals surface area contributed by atoms with E-state index in [4.69, 9.17) is 21.1 Å². The number of ketones is 1. The summed E-state index contributed by atoms with van der Waals surface area (Å²) in [4.78, 5) is 31.7. The fourth-order valence-corrected chi connectivity index (χ4v) is 5.68. The molecule has 1 aliphatic carbocycles. The average molecular weight is 616 g/mol. The SMILES string of the molecule is CC(=O)C(C)C.CCC1CC(C(C)C)CC1COc1nnc(NC(=O)c2cnc(C)cc2-c2cc(Cl)ncc2OC)s1. The van der Waals surface area contributed by atoms with Gasteiger partial charge in [-0.05, 0) is 73.8 Å². The second-order valence-corrected chi connectivity index (χ2v) is 12.7. The summed E-state index contributed by atoms with van der Waals surface area (Å²) in [5, 5.41) is 12.2. The highest BCUT2D eigenvalue weighted by atomic mass is 35.5. The van der Waals surface area contributed by atoms with Gasteiger partial charge >= 0.3 is 0 Å². The van der Waals surface area contributed by atoms with Crippen LogP contribution in [0.2, 0.25) is 5.15 Å². The highest BCUT2D eigenvalue weighted by Gasteiger charge is 2.35. The number of methoxy groups -OCH3 is 1. The first-order chi connectivity index (χ1) is 19.9. The van der Waals surface area contributed by atoms with E-state index in [9.17, 15) is 9.59 Å². The van der Waals surface area contributed by atoms with Gasteiger partial charge in [0.05, 0.1) is 25.5 Å². The molecule has 9 nitrogen and oxygen atoms in total. The zero-order valence-corrected chi connectivity index (χ0v) is 27.3. The summed E-state index contributed by atoms with van der Waals surface area (Å²) in [7, 11) is 1.54. The molecule has 11 heteroatoms. The highest BCUT2D eigenvalue weighted by Crippen LogP contribution is 2.42. The molecule has 1 amide bonds. The molecule has 0 saturated heterocycles. The molecule has 1 aliphatic rings. The van der Waals surface area contributed by atoms with Crippen LogP contribution in [0.3, 0.4) is 0 Å². The maximum absolute atomic E-state index is 13.2. The van der Waals surface area contributed by atoms with Crippen molar-refractivity contribution in [2.45, 2.75) is 67.7 Å². The highest BCUT2D eigenvalue weighted by molar-refractivity contribution is 7.17. The average Bonchev–Trinajstić information content (AvgIpc) is 3.58. The number of hydrogen-bond acceptors (Lipinski definition) is 9. The largest absolute Gasteiger partial charge is 0.494 e. The smallest absolute Gasteiger partial charge is 0.295 e. The first-order valence-corrected chi connectivity index (χ1v) is 15.6. The molecule has 1 N–H and O–H groups in total. The summed E-state index contributed by atoms with van der Waals surface area (Å²) in [5.74, 6) is 3.25. The lowest BCUT2D eigenvalue weighted by atomic mass is 9.93. The number of carbonyl (C=O) groups is 2. The minimum Gasteiger partial charge on any atom is -0.494 e. The standard InChI is InChI=1S/C26H32ClN5O3S.C5H10O/c1-6-16-8-17(14(2)3)9-18(16)13-35-26-32-31-25(36-26)30-24(33)21-11-28-15(4)7-19(21)20-10-23(27)29-12-22(20)34-5;1-4(2)5(3)6/h7,10-12,14,16-18H,6,8-9,13H2,1-5H3,(H,30,31,33);4H,1-3H3. The Morgan fingerprint density at radius 3 is 2.38 bits per heavy atom. The van der Waals surface area contributed by atoms with E-state index in [0.29, 0.717) is 62.3 Å². The van der Waals surface area contributed by atoms with E-state index < -0.39 is 0 Å². The van der Waals surface area contributed by atoms with Crippen LogP contribution < -0.4 is 14.8 Å². The zero-order valence-electron chi connectivity index (χ0n) is 25.7. The predicted octanol–water partition coefficient (Wildman–Crippen LogP) is 7.54. The lowest BCUT2D eigenvalue weighted by Crippen LogP contribution is -2.16. The van der Waals surface area contributed by atoms with Gasteiger partial charge in [0.25, 0.3) is 11.1 Å². The van der Waals surface area contributed by atoms with E-state index in [1.165, 1.54) is 36.6 Å². The van der Waals surface area contributed by atoms with Crippen LogP contribution >= 0.6 is 22.9 Å². The molecule has 1 saturated carbocycles. The van der Waals surface area contributed by atoms with Crippen LogP contribution in [0, 0.1) is 36.5 Å². The van der Waals surface area contributed by atoms with Gasteiger partial charge in [-0.3, -0.25) is 19.9 Å². The van der Waals surface area contributed by atoms with Crippen LogP contribution in [-0.2, 0) is 4.79 Å². The lowest BCUT2D eigenvalue weighted by molar-refractivity contribution is -0.119. The Hall–Kier alpha value is -3.11. The molecule has 0 bridgehead atoms. The molecule has 0 aliphatic heterocycles. The summed E-state index contributed by atoms with van der Waals surface area (Å²) < 4.78 is 11.5. The third kappa shape index (κ3) is 8.94. The van der Waals surface area contributed by atoms with Crippen molar-refractivity contribution in [1.82, 2.24) is 20.2 Å². The van der Waals surface area contributed by atoms with Gasteiger partial charge in [0, 0.05) is 28.9 Å². The van der Waals surface area contributed by atoms with Crippen molar-refractivity contribution in [1.29, 1.82) is 0 Å². The van der Waals surface area contributed by atoms with Gasteiger partial charge in [0.2, 0.25) is 5.13 Å². The number of rotatable bonds is 10. The molecule has 0 radical (unpaired) electrons. The van der Waals surface area contributed by atoms with Crippen molar-refractivity contribution < 1.29 is 19.1 Å². The van der Waals surface area contributed by atoms with Crippen molar-refractivity contribution in [3.8, 4) is 22.1 Å². The Labute approximate surface area is 257 Å². The van der Waals surface area contributed by atoms with E-state index in [-0.39, 0.29) is 17.6 Å². The fourth-order valence-electron chi connectivity index (χ4n) is 4.92. The number of hydrogen-bond donors (Lipinski definition) is 1. The number of Topliss-reactive ketones (excluding diaryl/α,β-unsaturated/α-hetero) is 1. The first-order valence-electron chi connectivity index (χ1n) is 14.4. The topological polar surface area (TPSA) is 116 Å². The third-order valence-corrected chi connectivity index (χ3v) is 8.79. The maximum atomic E-state index is 13.2. The number of nitrogens with zero attached hydrogens (tertiary/aromatic N) is 4. The van der Waals surface area contributed by atoms with Gasteiger partial charge < -0.3 is 9.47 Å². The van der Waals surface area contributed by atoms with Crippen LogP contribution in [0.1, 0.15) is 76.9 Å². The molecule has 228 valence electrons. The number of pyridine rings is 2. The summed E-state index contributed by atoms with van der Waals surface area (Å²) >= 11 is 7.35. The van der Waals surface area contributed by atoms with Crippen molar-refractivity contribution in [3.63, 3.8) is 0 Å². The molecule has 0 spiro atoms. The minimum atomic E-state index is -0.364. The Kier molecular flexibility index (Phi) is 12.2. The molecule has 3 aromatic rings. The van der Waals surface area contributed by atoms with Crippen LogP contribution in [0.4, 0.5) is 5.13 Å². The molecule has 3 aromatic heterocycles. The number of carbonyl (C=O) groups excluding carboxylic acids is 2. The van der Waals surface area contributed by atoms with Crippen molar-refractivity contribution in [3.05, 3.63) is 40.9 Å². The normalized spacial score (nSPS) is 18.0. The van der Waals surface area contributed by atoms with Crippen molar-refractivity contribution in [2.24, 2.45) is 29.6 Å². The molecule has 4 rings (SSSR count). The number of halogens is 1. The van der Waals surface area contributed by atoms with Gasteiger partial charge in [-0.15, -0.1) is 5.10 Å². The minimum absolute atomic E-state index is 0.213. The molecule has 3 heterocycles. The quantitative estimate of drug-likeness (QED) is 0.233. The van der Waals surface area contributed by atoms with Crippen LogP contribution in [-0.4, -0.2) is 45.6 Å². The second-order valence-electron chi connectivity index (χ2n) is 11.4. The van der Waals surface area contributed by atoms with Crippen LogP contribution in [0.15, 0.2) is 24.5 Å². The van der Waals surface area contributed by atoms with Crippen molar-refractivity contribution in [2.75, 3.05) is 19.0 Å². The molecular weight excluding hydrogens is 574 g/mol. The first kappa shape index (κ1) is 33.4. The summed E-state index contributed by atoms with van der Waals surface area (Å²) in [5.41, 5.74) is 2.39. The maximum Gasteiger partial charge on any atom is 0.295 e. The second kappa shape index (κ2) is 15.4. The van der Waals surface area contributed by atoms with Gasteiger partial charge in [-0.2, -0.15) is 0 Å². The molecule has 0 aromatic carbocycles. The number of nitrogens with one attached hydrogen (secondary N) is 1. The van der Waals surface area contributed by atoms with Gasteiger partial charge in [-0.1, -0.05) is 57.7 Å². The number of amides is 1. The predicted molar refractivity (Wildman–Crippen MR) is 167 cm³/mol. The van der Waals surface area contributed by atoms with E-state index in [1.54, 1.807) is 20.1 Å². The van der Waals surface area contributed by atoms with Crippen LogP contribution in [0.5, 0.6) is 10.9 Å². The Balaban J connectivity index is 0.000000730. The Morgan fingerprint density at radius 1 is 1.07 bits per heavy atom. The Bertz CT molecular complexity index is 1360. The number of anilines is 1. The summed E-state index contributed by atoms with van der Waals surface area (Å²) in [6, 6.07) is 3.48. The van der Waals surface area contributed by atoms with Gasteiger partial charge in [-0.25, -0.2) is 4.98 Å².